The number of aromatic nitrogens is 1. The molecule has 47 heavy (non-hydrogen) atoms. The minimum absolute atomic E-state index is 0.0253. The smallest absolute Gasteiger partial charge is 0.216 e. The maximum atomic E-state index is 13.0. The van der Waals surface area contributed by atoms with E-state index in [1.807, 2.05) is 6.92 Å². The lowest BCUT2D eigenvalue weighted by molar-refractivity contribution is 0.594. The van der Waals surface area contributed by atoms with Gasteiger partial charge in [-0.25, -0.2) is 33.7 Å². The summed E-state index contributed by atoms with van der Waals surface area (Å²) in [6.45, 7) is 2.19. The number of halogens is 1. The van der Waals surface area contributed by atoms with E-state index in [0.717, 1.165) is 40.0 Å². The van der Waals surface area contributed by atoms with Crippen molar-refractivity contribution in [2.75, 3.05) is 12.5 Å². The normalized spacial score (nSPS) is 12.4. The molecule has 0 radical (unpaired) electrons. The van der Waals surface area contributed by atoms with Crippen LogP contribution in [0.1, 0.15) is 16.7 Å². The van der Waals surface area contributed by atoms with Crippen molar-refractivity contribution >= 4 is 78.0 Å². The number of hydrogen-bond donors (Lipinski definition) is 1. The Morgan fingerprint density at radius 1 is 0.660 bits per heavy atom. The molecule has 250 valence electrons. The van der Waals surface area contributed by atoms with Gasteiger partial charge >= 0.3 is 0 Å². The third-order valence-electron chi connectivity index (χ3n) is 6.55. The number of rotatable bonds is 9. The average Bonchev–Trinajstić information content (AvgIpc) is 3.72. The number of sulfone groups is 4. The van der Waals surface area contributed by atoms with Gasteiger partial charge in [0.25, 0.3) is 0 Å². The molecule has 0 aliphatic rings. The fourth-order valence-electron chi connectivity index (χ4n) is 4.08. The molecule has 0 fully saturated rings. The van der Waals surface area contributed by atoms with Gasteiger partial charge in [0.1, 0.15) is 8.42 Å². The Hall–Kier alpha value is -2.77. The first-order valence-electron chi connectivity index (χ1n) is 13.5. The molecule has 0 bridgehead atoms. The van der Waals surface area contributed by atoms with E-state index in [2.05, 4.69) is 20.9 Å². The van der Waals surface area contributed by atoms with Gasteiger partial charge in [0.05, 0.1) is 19.6 Å². The van der Waals surface area contributed by atoms with Crippen molar-refractivity contribution in [3.8, 4) is 11.1 Å². The molecule has 3 heterocycles. The third-order valence-corrected chi connectivity index (χ3v) is 16.0. The first kappa shape index (κ1) is 37.1. The van der Waals surface area contributed by atoms with Crippen LogP contribution in [0, 0.1) is 0 Å². The lowest BCUT2D eigenvalue weighted by Crippen LogP contribution is -2.04. The van der Waals surface area contributed by atoms with E-state index in [1.54, 1.807) is 42.7 Å². The number of benzene rings is 2. The highest BCUT2D eigenvalue weighted by Gasteiger charge is 2.24. The van der Waals surface area contributed by atoms with Crippen molar-refractivity contribution < 1.29 is 33.7 Å². The minimum Gasteiger partial charge on any atom is -0.326 e. The highest BCUT2D eigenvalue weighted by Crippen LogP contribution is 2.33. The van der Waals surface area contributed by atoms with Gasteiger partial charge in [-0.05, 0) is 78.7 Å². The summed E-state index contributed by atoms with van der Waals surface area (Å²) in [6, 6.07) is 18.0. The Morgan fingerprint density at radius 3 is 1.62 bits per heavy atom. The Labute approximate surface area is 291 Å². The maximum Gasteiger partial charge on any atom is 0.216 e. The van der Waals surface area contributed by atoms with Crippen LogP contribution in [0.2, 0.25) is 0 Å². The zero-order valence-corrected chi connectivity index (χ0v) is 31.6. The molecule has 5 rings (SSSR count). The van der Waals surface area contributed by atoms with E-state index in [4.69, 9.17) is 5.73 Å². The van der Waals surface area contributed by atoms with Crippen LogP contribution in [-0.4, -0.2) is 51.2 Å². The lowest BCUT2D eigenvalue weighted by Gasteiger charge is -2.09. The summed E-state index contributed by atoms with van der Waals surface area (Å²) >= 11 is 5.44. The van der Waals surface area contributed by atoms with E-state index in [0.29, 0.717) is 15.6 Å². The molecule has 3 aromatic heterocycles. The van der Waals surface area contributed by atoms with Crippen LogP contribution in [0.3, 0.4) is 0 Å². The van der Waals surface area contributed by atoms with Crippen molar-refractivity contribution in [1.29, 1.82) is 0 Å². The van der Waals surface area contributed by atoms with Crippen molar-refractivity contribution in [1.82, 2.24) is 4.98 Å². The number of aryl methyl sites for hydroxylation is 1. The lowest BCUT2D eigenvalue weighted by atomic mass is 10.1. The molecule has 0 aliphatic heterocycles. The summed E-state index contributed by atoms with van der Waals surface area (Å²) in [5.41, 5.74) is 6.65. The first-order chi connectivity index (χ1) is 21.9. The molecule has 5 aromatic rings. The van der Waals surface area contributed by atoms with Crippen LogP contribution in [0.25, 0.3) is 11.1 Å². The zero-order chi connectivity index (χ0) is 34.8. The molecule has 2 N–H and O–H groups in total. The van der Waals surface area contributed by atoms with E-state index >= 15 is 0 Å². The largest absolute Gasteiger partial charge is 0.326 e. The molecule has 2 aromatic carbocycles. The second kappa shape index (κ2) is 14.4. The van der Waals surface area contributed by atoms with Gasteiger partial charge in [-0.3, -0.25) is 4.98 Å². The van der Waals surface area contributed by atoms with Gasteiger partial charge in [-0.15, -0.1) is 22.7 Å². The molecule has 0 saturated heterocycles. The van der Waals surface area contributed by atoms with E-state index in [-0.39, 0.29) is 34.5 Å². The Morgan fingerprint density at radius 2 is 1.15 bits per heavy atom. The topological polar surface area (TPSA) is 175 Å². The van der Waals surface area contributed by atoms with Crippen LogP contribution in [0.5, 0.6) is 0 Å². The first-order valence-corrected chi connectivity index (χ1v) is 22.7. The fourth-order valence-corrected chi connectivity index (χ4v) is 11.9. The van der Waals surface area contributed by atoms with Gasteiger partial charge in [-0.1, -0.05) is 28.9 Å². The van der Waals surface area contributed by atoms with Crippen molar-refractivity contribution in [3.63, 3.8) is 0 Å². The predicted octanol–water partition coefficient (Wildman–Crippen LogP) is 5.81. The summed E-state index contributed by atoms with van der Waals surface area (Å²) in [6.07, 6.45) is 5.99. The molecule has 0 unspecified atom stereocenters. The van der Waals surface area contributed by atoms with E-state index in [9.17, 15) is 33.7 Å². The zero-order valence-electron chi connectivity index (χ0n) is 25.1. The van der Waals surface area contributed by atoms with Gasteiger partial charge in [0.2, 0.25) is 19.7 Å². The summed E-state index contributed by atoms with van der Waals surface area (Å²) in [7, 11) is -14.7. The number of thiophene rings is 2. The minimum atomic E-state index is -3.86. The summed E-state index contributed by atoms with van der Waals surface area (Å²) in [5, 5.41) is 0. The third kappa shape index (κ3) is 8.83. The number of pyridine rings is 1. The molecule has 0 saturated carbocycles. The van der Waals surface area contributed by atoms with E-state index in [1.165, 1.54) is 53.8 Å². The van der Waals surface area contributed by atoms with E-state index < -0.39 is 39.3 Å². The SMILES string of the molecule is CCc1ccc(S(=O)(=O)c2cc(Br)cc(S(C)(=O)=O)c2)s1.CS(=O)(=O)c1cc(-c2cccnc2)cc(S(=O)(=O)c2ccc(CN)s2)c1. The molecule has 0 spiro atoms. The summed E-state index contributed by atoms with van der Waals surface area (Å²) in [4.78, 5) is 5.51. The summed E-state index contributed by atoms with van der Waals surface area (Å²) < 4.78 is 99.3. The van der Waals surface area contributed by atoms with Crippen LogP contribution in [-0.2, 0) is 52.3 Å². The number of nitrogens with zero attached hydrogens (tertiary/aromatic N) is 1. The van der Waals surface area contributed by atoms with Crippen molar-refractivity contribution in [2.24, 2.45) is 5.73 Å². The molecular weight excluding hydrogens is 789 g/mol. The molecule has 0 amide bonds. The van der Waals surface area contributed by atoms with Crippen molar-refractivity contribution in [3.05, 3.63) is 99.4 Å². The summed E-state index contributed by atoms with van der Waals surface area (Å²) in [5.74, 6) is 0. The average molecular weight is 818 g/mol. The fraction of sp³-hybridized carbons (Fsp3) is 0.167. The standard InChI is InChI=1S/C17H16N2O4S3.C13H13BrO4S3/c1-25(20,21)15-7-13(12-3-2-6-19-11-12)8-16(9-15)26(22,23)17-5-4-14(10-18)24-17;1-3-10-4-5-13(19-10)21(17,18)12-7-9(14)6-11(8-12)20(2,15)16/h2-9,11H,10,18H2,1H3;4-8H,3H2,1-2H3. The van der Waals surface area contributed by atoms with Gasteiger partial charge in [-0.2, -0.15) is 0 Å². The van der Waals surface area contributed by atoms with Gasteiger partial charge in [0, 0.05) is 51.2 Å². The highest BCUT2D eigenvalue weighted by atomic mass is 79.9. The Bertz CT molecular complexity index is 2370. The molecule has 10 nitrogen and oxygen atoms in total. The van der Waals surface area contributed by atoms with Crippen LogP contribution < -0.4 is 5.73 Å². The number of hydrogen-bond acceptors (Lipinski definition) is 12. The predicted molar refractivity (Wildman–Crippen MR) is 187 cm³/mol. The molecule has 0 aliphatic carbocycles. The van der Waals surface area contributed by atoms with Crippen LogP contribution in [0.4, 0.5) is 0 Å². The van der Waals surface area contributed by atoms with Crippen LogP contribution in [0.15, 0.2) is 118 Å². The van der Waals surface area contributed by atoms with Gasteiger partial charge in [0.15, 0.2) is 19.7 Å². The van der Waals surface area contributed by atoms with Crippen LogP contribution >= 0.6 is 38.6 Å². The second-order valence-electron chi connectivity index (χ2n) is 10.1. The maximum absolute atomic E-state index is 13.0. The molecule has 17 heteroatoms. The molecular formula is C30H29BrN2O8S6. The second-order valence-corrected chi connectivity index (χ2v) is 21.7. The number of nitrogens with two attached hydrogens (primary N) is 1. The highest BCUT2D eigenvalue weighted by molar-refractivity contribution is 9.10. The van der Waals surface area contributed by atoms with Crippen molar-refractivity contribution in [2.45, 2.75) is 47.9 Å². The van der Waals surface area contributed by atoms with Gasteiger partial charge < -0.3 is 5.73 Å². The monoisotopic (exact) mass is 816 g/mol. The Kier molecular flexibility index (Phi) is 11.3. The quantitative estimate of drug-likeness (QED) is 0.191. The molecule has 0 atom stereocenters. The Balaban J connectivity index is 0.000000218.